The Balaban J connectivity index is 1.67. The lowest BCUT2D eigenvalue weighted by Gasteiger charge is -2.30. The fraction of sp³-hybridized carbons (Fsp3) is 0.0952. The standard InChI is InChI=1S/C21H17ClN2O4S/c22-16-7-4-8-17(11-16)23-29(26,27)18-9-10-20-19(12-18)24(14-21(25)28-20)13-15-5-2-1-3-6-15/h1-12,23H,13-14H2. The number of ether oxygens (including phenoxy) is 1. The molecule has 0 radical (unpaired) electrons. The summed E-state index contributed by atoms with van der Waals surface area (Å²) < 4.78 is 33.5. The van der Waals surface area contributed by atoms with Gasteiger partial charge in [0.15, 0.2) is 5.75 Å². The third kappa shape index (κ3) is 4.36. The number of hydrogen-bond acceptors (Lipinski definition) is 5. The van der Waals surface area contributed by atoms with E-state index in [0.29, 0.717) is 28.7 Å². The van der Waals surface area contributed by atoms with E-state index in [0.717, 1.165) is 5.56 Å². The van der Waals surface area contributed by atoms with Crippen LogP contribution in [0, 0.1) is 0 Å². The smallest absolute Gasteiger partial charge is 0.331 e. The number of halogens is 1. The molecule has 0 aromatic heterocycles. The van der Waals surface area contributed by atoms with Crippen LogP contribution in [0.3, 0.4) is 0 Å². The van der Waals surface area contributed by atoms with E-state index in [1.165, 1.54) is 24.3 Å². The molecule has 29 heavy (non-hydrogen) atoms. The highest BCUT2D eigenvalue weighted by molar-refractivity contribution is 7.92. The summed E-state index contributed by atoms with van der Waals surface area (Å²) in [5.74, 6) is -0.0556. The van der Waals surface area contributed by atoms with Crippen LogP contribution >= 0.6 is 11.6 Å². The number of anilines is 2. The summed E-state index contributed by atoms with van der Waals surface area (Å²) in [5.41, 5.74) is 1.91. The third-order valence-electron chi connectivity index (χ3n) is 4.42. The first-order chi connectivity index (χ1) is 13.9. The second-order valence-electron chi connectivity index (χ2n) is 6.56. The van der Waals surface area contributed by atoms with E-state index >= 15 is 0 Å². The first-order valence-corrected chi connectivity index (χ1v) is 10.7. The molecule has 0 fully saturated rings. The summed E-state index contributed by atoms with van der Waals surface area (Å²) in [6, 6.07) is 20.5. The van der Waals surface area contributed by atoms with E-state index in [-0.39, 0.29) is 17.4 Å². The summed E-state index contributed by atoms with van der Waals surface area (Å²) >= 11 is 5.93. The highest BCUT2D eigenvalue weighted by atomic mass is 35.5. The molecule has 8 heteroatoms. The number of nitrogens with zero attached hydrogens (tertiary/aromatic N) is 1. The van der Waals surface area contributed by atoms with Crippen molar-refractivity contribution >= 4 is 39.0 Å². The van der Waals surface area contributed by atoms with Gasteiger partial charge in [-0.3, -0.25) is 4.72 Å². The predicted octanol–water partition coefficient (Wildman–Crippen LogP) is 4.07. The van der Waals surface area contributed by atoms with Crippen LogP contribution in [0.25, 0.3) is 0 Å². The van der Waals surface area contributed by atoms with Crippen LogP contribution in [0.1, 0.15) is 5.56 Å². The topological polar surface area (TPSA) is 75.7 Å². The number of carbonyl (C=O) groups is 1. The predicted molar refractivity (Wildman–Crippen MR) is 112 cm³/mol. The van der Waals surface area contributed by atoms with Crippen molar-refractivity contribution < 1.29 is 17.9 Å². The number of fused-ring (bicyclic) bond motifs is 1. The van der Waals surface area contributed by atoms with Gasteiger partial charge in [-0.2, -0.15) is 0 Å². The Hall–Kier alpha value is -3.03. The molecule has 148 valence electrons. The van der Waals surface area contributed by atoms with Gasteiger partial charge in [0.05, 0.1) is 16.3 Å². The van der Waals surface area contributed by atoms with E-state index in [2.05, 4.69) is 4.72 Å². The zero-order chi connectivity index (χ0) is 20.4. The van der Waals surface area contributed by atoms with Gasteiger partial charge >= 0.3 is 5.97 Å². The maximum absolute atomic E-state index is 12.8. The normalized spacial score (nSPS) is 13.6. The molecular weight excluding hydrogens is 412 g/mol. The first kappa shape index (κ1) is 19.3. The van der Waals surface area contributed by atoms with E-state index < -0.39 is 10.0 Å². The number of hydrogen-bond donors (Lipinski definition) is 1. The molecule has 0 spiro atoms. The lowest BCUT2D eigenvalue weighted by Crippen LogP contribution is -2.36. The van der Waals surface area contributed by atoms with Crippen LogP contribution in [-0.4, -0.2) is 20.9 Å². The molecular formula is C21H17ClN2O4S. The van der Waals surface area contributed by atoms with Crippen LogP contribution in [0.15, 0.2) is 77.7 Å². The number of rotatable bonds is 5. The SMILES string of the molecule is O=C1CN(Cc2ccccc2)c2cc(S(=O)(=O)Nc3cccc(Cl)c3)ccc2O1. The van der Waals surface area contributed by atoms with E-state index in [1.54, 1.807) is 23.1 Å². The summed E-state index contributed by atoms with van der Waals surface area (Å²) in [6.45, 7) is 0.487. The molecule has 0 saturated carbocycles. The van der Waals surface area contributed by atoms with Crippen molar-refractivity contribution in [2.45, 2.75) is 11.4 Å². The van der Waals surface area contributed by atoms with Crippen molar-refractivity contribution in [1.82, 2.24) is 0 Å². The molecule has 1 aliphatic rings. The zero-order valence-corrected chi connectivity index (χ0v) is 16.8. The van der Waals surface area contributed by atoms with Gasteiger partial charge < -0.3 is 9.64 Å². The van der Waals surface area contributed by atoms with Crippen LogP contribution < -0.4 is 14.4 Å². The molecule has 0 atom stereocenters. The monoisotopic (exact) mass is 428 g/mol. The minimum Gasteiger partial charge on any atom is -0.423 e. The Morgan fingerprint density at radius 3 is 2.55 bits per heavy atom. The maximum atomic E-state index is 12.8. The molecule has 1 heterocycles. The molecule has 4 rings (SSSR count). The average Bonchev–Trinajstić information content (AvgIpc) is 2.68. The summed E-state index contributed by atoms with van der Waals surface area (Å²) in [5, 5.41) is 0.427. The second-order valence-corrected chi connectivity index (χ2v) is 8.68. The number of esters is 1. The minimum absolute atomic E-state index is 0.0348. The summed E-state index contributed by atoms with van der Waals surface area (Å²) in [4.78, 5) is 13.8. The first-order valence-electron chi connectivity index (χ1n) is 8.83. The van der Waals surface area contributed by atoms with Crippen LogP contribution in [0.4, 0.5) is 11.4 Å². The largest absolute Gasteiger partial charge is 0.423 e. The molecule has 3 aromatic carbocycles. The van der Waals surface area contributed by atoms with Gasteiger partial charge in [0.1, 0.15) is 6.54 Å². The molecule has 0 bridgehead atoms. The van der Waals surface area contributed by atoms with E-state index in [4.69, 9.17) is 16.3 Å². The van der Waals surface area contributed by atoms with E-state index in [9.17, 15) is 13.2 Å². The number of carbonyl (C=O) groups excluding carboxylic acids is 1. The van der Waals surface area contributed by atoms with Crippen LogP contribution in [0.2, 0.25) is 5.02 Å². The molecule has 6 nitrogen and oxygen atoms in total. The van der Waals surface area contributed by atoms with Crippen LogP contribution in [-0.2, 0) is 21.4 Å². The van der Waals surface area contributed by atoms with Gasteiger partial charge in [-0.25, -0.2) is 13.2 Å². The Morgan fingerprint density at radius 2 is 1.79 bits per heavy atom. The number of nitrogens with one attached hydrogen (secondary N) is 1. The van der Waals surface area contributed by atoms with Crippen molar-refractivity contribution in [2.75, 3.05) is 16.2 Å². The maximum Gasteiger partial charge on any atom is 0.331 e. The lowest BCUT2D eigenvalue weighted by molar-refractivity contribution is -0.133. The Labute approximate surface area is 173 Å². The fourth-order valence-corrected chi connectivity index (χ4v) is 4.36. The average molecular weight is 429 g/mol. The molecule has 0 saturated heterocycles. The highest BCUT2D eigenvalue weighted by Gasteiger charge is 2.27. The van der Waals surface area contributed by atoms with Gasteiger partial charge in [-0.05, 0) is 42.0 Å². The molecule has 0 amide bonds. The summed E-state index contributed by atoms with van der Waals surface area (Å²) in [7, 11) is -3.85. The number of sulfonamides is 1. The molecule has 3 aromatic rings. The van der Waals surface area contributed by atoms with Gasteiger partial charge in [0.25, 0.3) is 10.0 Å². The number of benzene rings is 3. The van der Waals surface area contributed by atoms with Crippen LogP contribution in [0.5, 0.6) is 5.75 Å². The lowest BCUT2D eigenvalue weighted by atomic mass is 10.1. The molecule has 1 aliphatic heterocycles. The van der Waals surface area contributed by atoms with Crippen molar-refractivity contribution in [1.29, 1.82) is 0 Å². The highest BCUT2D eigenvalue weighted by Crippen LogP contribution is 2.35. The quantitative estimate of drug-likeness (QED) is 0.489. The van der Waals surface area contributed by atoms with Crippen molar-refractivity contribution in [3.63, 3.8) is 0 Å². The molecule has 0 aliphatic carbocycles. The second kappa shape index (κ2) is 7.77. The Kier molecular flexibility index (Phi) is 5.17. The van der Waals surface area contributed by atoms with Crippen molar-refractivity contribution in [2.24, 2.45) is 0 Å². The Bertz CT molecular complexity index is 1170. The van der Waals surface area contributed by atoms with E-state index in [1.807, 2.05) is 30.3 Å². The zero-order valence-electron chi connectivity index (χ0n) is 15.2. The molecule has 1 N–H and O–H groups in total. The van der Waals surface area contributed by atoms with Crippen molar-refractivity contribution in [3.05, 3.63) is 83.4 Å². The Morgan fingerprint density at radius 1 is 1.00 bits per heavy atom. The van der Waals surface area contributed by atoms with Gasteiger partial charge in [-0.1, -0.05) is 48.0 Å². The summed E-state index contributed by atoms with van der Waals surface area (Å²) in [6.07, 6.45) is 0. The third-order valence-corrected chi connectivity index (χ3v) is 6.03. The molecule has 0 unspecified atom stereocenters. The minimum atomic E-state index is -3.85. The van der Waals surface area contributed by atoms with Gasteiger partial charge in [0.2, 0.25) is 0 Å². The fourth-order valence-electron chi connectivity index (χ4n) is 3.10. The van der Waals surface area contributed by atoms with Gasteiger partial charge in [-0.15, -0.1) is 0 Å². The van der Waals surface area contributed by atoms with Crippen molar-refractivity contribution in [3.8, 4) is 5.75 Å². The van der Waals surface area contributed by atoms with Gasteiger partial charge in [0, 0.05) is 11.6 Å².